The Morgan fingerprint density at radius 3 is 2.83 bits per heavy atom. The number of imide groups is 1. The van der Waals surface area contributed by atoms with Crippen LogP contribution in [0.4, 0.5) is 0 Å². The van der Waals surface area contributed by atoms with Gasteiger partial charge in [-0.1, -0.05) is 17.7 Å². The van der Waals surface area contributed by atoms with E-state index in [1.54, 1.807) is 18.2 Å². The average Bonchev–Trinajstić information content (AvgIpc) is 2.94. The van der Waals surface area contributed by atoms with E-state index in [9.17, 15) is 9.59 Å². The predicted octanol–water partition coefficient (Wildman–Crippen LogP) is 1.55. The minimum atomic E-state index is -0.257. The molecule has 0 radical (unpaired) electrons. The maximum absolute atomic E-state index is 12.2. The van der Waals surface area contributed by atoms with E-state index in [2.05, 4.69) is 5.32 Å². The molecule has 1 atom stereocenters. The number of nitrogens with one attached hydrogen (secondary N) is 1. The van der Waals surface area contributed by atoms with Gasteiger partial charge in [0.2, 0.25) is 0 Å². The van der Waals surface area contributed by atoms with Crippen LogP contribution in [-0.2, 0) is 0 Å². The first-order valence-electron chi connectivity index (χ1n) is 6.04. The second-order valence-electron chi connectivity index (χ2n) is 4.74. The minimum absolute atomic E-state index is 0.218. The van der Waals surface area contributed by atoms with Crippen LogP contribution in [0, 0.1) is 5.92 Å². The van der Waals surface area contributed by atoms with E-state index in [1.165, 1.54) is 4.90 Å². The molecule has 0 bridgehead atoms. The highest BCUT2D eigenvalue weighted by Gasteiger charge is 2.38. The lowest BCUT2D eigenvalue weighted by Gasteiger charge is -2.17. The van der Waals surface area contributed by atoms with Crippen molar-refractivity contribution in [1.82, 2.24) is 10.2 Å². The third-order valence-electron chi connectivity index (χ3n) is 3.55. The summed E-state index contributed by atoms with van der Waals surface area (Å²) in [5, 5.41) is 3.59. The lowest BCUT2D eigenvalue weighted by molar-refractivity contribution is 0.0633. The zero-order valence-corrected chi connectivity index (χ0v) is 10.5. The van der Waals surface area contributed by atoms with Crippen LogP contribution in [0.5, 0.6) is 0 Å². The molecule has 2 amide bonds. The first kappa shape index (κ1) is 11.7. The Morgan fingerprint density at radius 2 is 2.17 bits per heavy atom. The van der Waals surface area contributed by atoms with Gasteiger partial charge in [-0.25, -0.2) is 0 Å². The fourth-order valence-corrected chi connectivity index (χ4v) is 2.84. The molecule has 2 heterocycles. The Kier molecular flexibility index (Phi) is 2.84. The highest BCUT2D eigenvalue weighted by Crippen LogP contribution is 2.30. The SMILES string of the molecule is O=C1c2cccc(Cl)c2C(=O)N1CC1CCNC1. The summed E-state index contributed by atoms with van der Waals surface area (Å²) in [6, 6.07) is 5.01. The molecule has 3 rings (SSSR count). The van der Waals surface area contributed by atoms with Gasteiger partial charge in [0.1, 0.15) is 0 Å². The summed E-state index contributed by atoms with van der Waals surface area (Å²) >= 11 is 6.00. The second-order valence-corrected chi connectivity index (χ2v) is 5.15. The van der Waals surface area contributed by atoms with Crippen LogP contribution < -0.4 is 5.32 Å². The molecule has 5 heteroatoms. The fraction of sp³-hybridized carbons (Fsp3) is 0.385. The number of carbonyl (C=O) groups excluding carboxylic acids is 2. The largest absolute Gasteiger partial charge is 0.316 e. The van der Waals surface area contributed by atoms with Gasteiger partial charge >= 0.3 is 0 Å². The molecule has 2 aliphatic heterocycles. The normalized spacial score (nSPS) is 22.7. The van der Waals surface area contributed by atoms with Crippen LogP contribution in [-0.4, -0.2) is 36.3 Å². The molecule has 1 aromatic carbocycles. The first-order chi connectivity index (χ1) is 8.68. The zero-order chi connectivity index (χ0) is 12.7. The zero-order valence-electron chi connectivity index (χ0n) is 9.78. The molecule has 0 aromatic heterocycles. The number of hydrogen-bond donors (Lipinski definition) is 1. The summed E-state index contributed by atoms with van der Waals surface area (Å²) in [6.07, 6.45) is 1.00. The van der Waals surface area contributed by atoms with Crippen molar-refractivity contribution < 1.29 is 9.59 Å². The quantitative estimate of drug-likeness (QED) is 0.825. The summed E-state index contributed by atoms with van der Waals surface area (Å²) < 4.78 is 0. The molecule has 0 spiro atoms. The Balaban J connectivity index is 1.89. The first-order valence-corrected chi connectivity index (χ1v) is 6.41. The Hall–Kier alpha value is -1.39. The summed E-state index contributed by atoms with van der Waals surface area (Å²) in [5.74, 6) is -0.122. The Labute approximate surface area is 110 Å². The van der Waals surface area contributed by atoms with E-state index in [0.717, 1.165) is 19.5 Å². The van der Waals surface area contributed by atoms with E-state index >= 15 is 0 Å². The van der Waals surface area contributed by atoms with Gasteiger partial charge in [0, 0.05) is 6.54 Å². The smallest absolute Gasteiger partial charge is 0.263 e. The Bertz CT molecular complexity index is 524. The van der Waals surface area contributed by atoms with Gasteiger partial charge in [-0.05, 0) is 37.6 Å². The second kappa shape index (κ2) is 4.37. The predicted molar refractivity (Wildman–Crippen MR) is 67.8 cm³/mol. The van der Waals surface area contributed by atoms with E-state index in [0.29, 0.717) is 28.6 Å². The number of amides is 2. The van der Waals surface area contributed by atoms with Gasteiger partial charge in [0.05, 0.1) is 16.1 Å². The lowest BCUT2D eigenvalue weighted by Crippen LogP contribution is -2.35. The van der Waals surface area contributed by atoms with Crippen molar-refractivity contribution in [3.8, 4) is 0 Å². The van der Waals surface area contributed by atoms with Gasteiger partial charge < -0.3 is 5.32 Å². The molecule has 0 saturated carbocycles. The van der Waals surface area contributed by atoms with Crippen LogP contribution in [0.25, 0.3) is 0 Å². The maximum atomic E-state index is 12.2. The molecule has 1 N–H and O–H groups in total. The molecule has 0 aliphatic carbocycles. The molecular formula is C13H13ClN2O2. The standard InChI is InChI=1S/C13H13ClN2O2/c14-10-3-1-2-9-11(10)13(18)16(12(9)17)7-8-4-5-15-6-8/h1-3,8,15H,4-7H2. The third-order valence-corrected chi connectivity index (χ3v) is 3.87. The van der Waals surface area contributed by atoms with E-state index < -0.39 is 0 Å². The van der Waals surface area contributed by atoms with Crippen LogP contribution in [0.15, 0.2) is 18.2 Å². The van der Waals surface area contributed by atoms with Crippen molar-refractivity contribution in [3.05, 3.63) is 34.3 Å². The number of fused-ring (bicyclic) bond motifs is 1. The van der Waals surface area contributed by atoms with Gasteiger partial charge in [0.25, 0.3) is 11.8 Å². The van der Waals surface area contributed by atoms with Crippen molar-refractivity contribution in [1.29, 1.82) is 0 Å². The molecule has 1 fully saturated rings. The van der Waals surface area contributed by atoms with E-state index in [1.807, 2.05) is 0 Å². The highest BCUT2D eigenvalue weighted by molar-refractivity contribution is 6.37. The van der Waals surface area contributed by atoms with Crippen LogP contribution in [0.3, 0.4) is 0 Å². The van der Waals surface area contributed by atoms with Crippen molar-refractivity contribution in [3.63, 3.8) is 0 Å². The van der Waals surface area contributed by atoms with Crippen molar-refractivity contribution in [2.24, 2.45) is 5.92 Å². The van der Waals surface area contributed by atoms with Crippen molar-refractivity contribution in [2.45, 2.75) is 6.42 Å². The van der Waals surface area contributed by atoms with Gasteiger partial charge in [-0.3, -0.25) is 14.5 Å². The molecule has 1 saturated heterocycles. The van der Waals surface area contributed by atoms with E-state index in [-0.39, 0.29) is 11.8 Å². The Morgan fingerprint density at radius 1 is 1.33 bits per heavy atom. The van der Waals surface area contributed by atoms with Crippen molar-refractivity contribution in [2.75, 3.05) is 19.6 Å². The lowest BCUT2D eigenvalue weighted by atomic mass is 10.1. The van der Waals surface area contributed by atoms with Crippen LogP contribution in [0.2, 0.25) is 5.02 Å². The molecular weight excluding hydrogens is 252 g/mol. The molecule has 1 unspecified atom stereocenters. The molecule has 4 nitrogen and oxygen atoms in total. The van der Waals surface area contributed by atoms with E-state index in [4.69, 9.17) is 11.6 Å². The summed E-state index contributed by atoms with van der Waals surface area (Å²) in [5.41, 5.74) is 0.786. The number of nitrogens with zero attached hydrogens (tertiary/aromatic N) is 1. The minimum Gasteiger partial charge on any atom is -0.316 e. The van der Waals surface area contributed by atoms with Crippen molar-refractivity contribution >= 4 is 23.4 Å². The maximum Gasteiger partial charge on any atom is 0.263 e. The topological polar surface area (TPSA) is 49.4 Å². The highest BCUT2D eigenvalue weighted by atomic mass is 35.5. The number of benzene rings is 1. The molecule has 94 valence electrons. The summed E-state index contributed by atoms with van der Waals surface area (Å²) in [6.45, 7) is 2.30. The number of carbonyl (C=O) groups is 2. The monoisotopic (exact) mass is 264 g/mol. The molecule has 1 aromatic rings. The third kappa shape index (κ3) is 1.72. The summed E-state index contributed by atoms with van der Waals surface area (Å²) in [7, 11) is 0. The number of halogens is 1. The number of hydrogen-bond acceptors (Lipinski definition) is 3. The summed E-state index contributed by atoms with van der Waals surface area (Å²) in [4.78, 5) is 25.7. The van der Waals surface area contributed by atoms with Gasteiger partial charge in [0.15, 0.2) is 0 Å². The average molecular weight is 265 g/mol. The molecule has 18 heavy (non-hydrogen) atoms. The number of rotatable bonds is 2. The molecule has 2 aliphatic rings. The van der Waals surface area contributed by atoms with Crippen LogP contribution in [0.1, 0.15) is 27.1 Å². The van der Waals surface area contributed by atoms with Crippen LogP contribution >= 0.6 is 11.6 Å². The fourth-order valence-electron chi connectivity index (χ4n) is 2.59. The van der Waals surface area contributed by atoms with Gasteiger partial charge in [-0.15, -0.1) is 0 Å². The van der Waals surface area contributed by atoms with Gasteiger partial charge in [-0.2, -0.15) is 0 Å².